The molecule has 3 nitrogen and oxygen atoms in total. The molecular formula is C48H84N3PPd3. The summed E-state index contributed by atoms with van der Waals surface area (Å²) in [7, 11) is 12.6. The first-order chi connectivity index (χ1) is 24.1. The molecule has 0 aliphatic heterocycles. The van der Waals surface area contributed by atoms with Gasteiger partial charge in [-0.1, -0.05) is 0 Å². The van der Waals surface area contributed by atoms with Gasteiger partial charge in [-0.3, -0.25) is 0 Å². The number of benzene rings is 3. The molecular weight excluding hydrogens is 969 g/mol. The van der Waals surface area contributed by atoms with Gasteiger partial charge in [-0.25, -0.2) is 0 Å². The SMILES string of the molecule is CN(C)c1cc[c]([Pd-]([C](C)(C)C)[C](C)(C)C)cc1.CN(C)c1cc[c]([Pd-]([C](C)(C)C)[C](C)(C)C)cc1.CN(C)c1cc[c]([Pd-]([C](C)(C)C)[C](C)(C)C)cc1.[P+3]. The molecule has 0 aromatic heterocycles. The van der Waals surface area contributed by atoms with Crippen LogP contribution in [0.1, 0.15) is 125 Å². The quantitative estimate of drug-likeness (QED) is 0.180. The Kier molecular flexibility index (Phi) is 20.9. The van der Waals surface area contributed by atoms with E-state index in [0.717, 1.165) is 0 Å². The second-order valence-corrected chi connectivity index (χ2v) is 39.7. The van der Waals surface area contributed by atoms with Crippen molar-refractivity contribution in [3.8, 4) is 0 Å². The van der Waals surface area contributed by atoms with Gasteiger partial charge in [0, 0.05) is 0 Å². The fraction of sp³-hybridized carbons (Fsp3) is 0.625. The summed E-state index contributed by atoms with van der Waals surface area (Å²) in [6.45, 7) is 43.0. The van der Waals surface area contributed by atoms with Crippen LogP contribution >= 0.6 is 9.90 Å². The summed E-state index contributed by atoms with van der Waals surface area (Å²) in [6.07, 6.45) is 0. The summed E-state index contributed by atoms with van der Waals surface area (Å²) in [5, 5.41) is 0. The Labute approximate surface area is 364 Å². The van der Waals surface area contributed by atoms with Crippen molar-refractivity contribution in [2.45, 2.75) is 148 Å². The maximum atomic E-state index is 2.39. The first-order valence-electron chi connectivity index (χ1n) is 19.2. The molecule has 0 atom stereocenters. The van der Waals surface area contributed by atoms with Crippen LogP contribution in [0, 0.1) is 0 Å². The van der Waals surface area contributed by atoms with E-state index in [9.17, 15) is 0 Å². The summed E-state index contributed by atoms with van der Waals surface area (Å²) in [5.41, 5.74) is 3.85. The molecule has 0 spiro atoms. The van der Waals surface area contributed by atoms with Gasteiger partial charge in [-0.15, -0.1) is 0 Å². The first-order valence-corrected chi connectivity index (χ1v) is 26.2. The van der Waals surface area contributed by atoms with Gasteiger partial charge < -0.3 is 0 Å². The molecule has 3 aromatic rings. The van der Waals surface area contributed by atoms with Crippen molar-refractivity contribution in [3.05, 3.63) is 72.8 Å². The van der Waals surface area contributed by atoms with Crippen molar-refractivity contribution in [2.75, 3.05) is 57.0 Å². The number of rotatable bonds is 6. The minimum atomic E-state index is -0.784. The largest absolute Gasteiger partial charge is 3.00 e. The molecule has 3 aromatic carbocycles. The van der Waals surface area contributed by atoms with E-state index in [1.54, 1.807) is 12.1 Å². The second kappa shape index (κ2) is 21.1. The van der Waals surface area contributed by atoms with Crippen LogP contribution in [0.15, 0.2) is 72.8 Å². The number of hydrogen-bond acceptors (Lipinski definition) is 3. The van der Waals surface area contributed by atoms with Gasteiger partial charge in [0.15, 0.2) is 0 Å². The van der Waals surface area contributed by atoms with Crippen LogP contribution < -0.4 is 26.8 Å². The molecule has 0 saturated carbocycles. The van der Waals surface area contributed by atoms with Crippen LogP contribution in [0.2, 0.25) is 23.3 Å². The van der Waals surface area contributed by atoms with Gasteiger partial charge in [0.25, 0.3) is 0 Å². The maximum absolute atomic E-state index is 2.39. The molecule has 0 aliphatic rings. The minimum Gasteiger partial charge on any atom is 3.00 e. The molecule has 0 heterocycles. The third kappa shape index (κ3) is 17.7. The molecule has 0 aliphatic carbocycles. The van der Waals surface area contributed by atoms with E-state index < -0.39 is 50.3 Å². The van der Waals surface area contributed by atoms with Gasteiger partial charge in [-0.05, 0) is 0 Å². The van der Waals surface area contributed by atoms with Crippen molar-refractivity contribution in [3.63, 3.8) is 0 Å². The van der Waals surface area contributed by atoms with E-state index in [4.69, 9.17) is 0 Å². The Morgan fingerprint density at radius 2 is 0.400 bits per heavy atom. The van der Waals surface area contributed by atoms with Crippen LogP contribution in [-0.2, 0) is 50.3 Å². The molecule has 0 bridgehead atoms. The van der Waals surface area contributed by atoms with Gasteiger partial charge in [0.1, 0.15) is 0 Å². The molecule has 326 valence electrons. The molecule has 7 heteroatoms. The summed E-state index contributed by atoms with van der Waals surface area (Å²) in [5.74, 6) is 0. The van der Waals surface area contributed by atoms with Crippen molar-refractivity contribution in [1.82, 2.24) is 0 Å². The molecule has 0 N–H and O–H groups in total. The van der Waals surface area contributed by atoms with Crippen molar-refractivity contribution in [2.24, 2.45) is 0 Å². The Hall–Kier alpha value is -0.523. The third-order valence-electron chi connectivity index (χ3n) is 7.36. The van der Waals surface area contributed by atoms with E-state index in [0.29, 0.717) is 23.3 Å². The molecule has 55 heavy (non-hydrogen) atoms. The zero-order valence-corrected chi connectivity index (χ0v) is 45.2. The van der Waals surface area contributed by atoms with Gasteiger partial charge in [0.05, 0.1) is 0 Å². The Bertz CT molecular complexity index is 1290. The Morgan fingerprint density at radius 1 is 0.273 bits per heavy atom. The van der Waals surface area contributed by atoms with E-state index >= 15 is 0 Å². The fourth-order valence-corrected chi connectivity index (χ4v) is 27.2. The third-order valence-corrected chi connectivity index (χ3v) is 25.6. The zero-order chi connectivity index (χ0) is 42.4. The van der Waals surface area contributed by atoms with Gasteiger partial charge in [-0.2, -0.15) is 0 Å². The summed E-state index contributed by atoms with van der Waals surface area (Å²) < 4.78 is 7.04. The van der Waals surface area contributed by atoms with Gasteiger partial charge >= 0.3 is 367 Å². The second-order valence-electron chi connectivity index (χ2n) is 19.6. The van der Waals surface area contributed by atoms with Crippen molar-refractivity contribution < 1.29 is 50.3 Å². The van der Waals surface area contributed by atoms with Crippen LogP contribution in [0.5, 0.6) is 0 Å². The normalized spacial score (nSPS) is 13.2. The Morgan fingerprint density at radius 3 is 0.491 bits per heavy atom. The first kappa shape index (κ1) is 54.5. The van der Waals surface area contributed by atoms with E-state index in [-0.39, 0.29) is 9.90 Å². The number of nitrogens with zero attached hydrogens (tertiary/aromatic N) is 3. The fourth-order valence-electron chi connectivity index (χ4n) is 6.28. The molecule has 0 unspecified atom stereocenters. The Balaban J connectivity index is 0.000000788. The zero-order valence-electron chi connectivity index (χ0n) is 39.7. The molecule has 0 amide bonds. The average Bonchev–Trinajstić information content (AvgIpc) is 2.94. The van der Waals surface area contributed by atoms with Crippen LogP contribution in [-0.4, -0.2) is 42.3 Å². The predicted molar refractivity (Wildman–Crippen MR) is 246 cm³/mol. The monoisotopic (exact) mass is 1050 g/mol. The van der Waals surface area contributed by atoms with Crippen LogP contribution in [0.4, 0.5) is 17.1 Å². The van der Waals surface area contributed by atoms with Crippen molar-refractivity contribution >= 4 is 39.1 Å². The van der Waals surface area contributed by atoms with E-state index in [1.807, 2.05) is 0 Å². The standard InChI is InChI=1S/3C8H10N.6C4H9.P.3Pd/c3*1-9(2)8-6-4-3-5-7-8;6*1-4(2)3;;;;/h3*4-7H,1-2H3;6*1-3H3;;;;/q;;;;;;;;;+3;3*-1. The van der Waals surface area contributed by atoms with Crippen molar-refractivity contribution in [1.29, 1.82) is 0 Å². The van der Waals surface area contributed by atoms with E-state index in [2.05, 4.69) is 254 Å². The number of hydrogen-bond donors (Lipinski definition) is 0. The van der Waals surface area contributed by atoms with Crippen LogP contribution in [0.25, 0.3) is 0 Å². The summed E-state index contributed by atoms with van der Waals surface area (Å²) in [4.78, 5) is 6.48. The molecule has 3 rings (SSSR count). The van der Waals surface area contributed by atoms with E-state index in [1.165, 1.54) is 17.1 Å². The average molecular weight is 1050 g/mol. The molecule has 0 fully saturated rings. The maximum Gasteiger partial charge on any atom is 3.00 e. The predicted octanol–water partition coefficient (Wildman–Crippen LogP) is 14.2. The minimum absolute atomic E-state index is 0. The van der Waals surface area contributed by atoms with Crippen LogP contribution in [0.3, 0.4) is 0 Å². The smallest absolute Gasteiger partial charge is 3.00 e. The molecule has 0 saturated heterocycles. The summed E-state index contributed by atoms with van der Waals surface area (Å²) in [6, 6.07) is 27.5. The topological polar surface area (TPSA) is 9.72 Å². The van der Waals surface area contributed by atoms with Gasteiger partial charge in [0.2, 0.25) is 0 Å². The summed E-state index contributed by atoms with van der Waals surface area (Å²) >= 11 is -2.35. The number of anilines is 3. The molecule has 2 radical (unpaired) electrons.